The lowest BCUT2D eigenvalue weighted by Crippen LogP contribution is -2.31. The van der Waals surface area contributed by atoms with Gasteiger partial charge >= 0.3 is 0 Å². The summed E-state index contributed by atoms with van der Waals surface area (Å²) >= 11 is 23.8. The molecule has 7 nitrogen and oxygen atoms in total. The Morgan fingerprint density at radius 3 is 2.25 bits per heavy atom. The minimum atomic E-state index is -4.12. The Kier molecular flexibility index (Phi) is 5.88. The highest BCUT2D eigenvalue weighted by Crippen LogP contribution is 2.31. The molecule has 0 fully saturated rings. The van der Waals surface area contributed by atoms with Crippen molar-refractivity contribution in [1.82, 2.24) is 19.7 Å². The van der Waals surface area contributed by atoms with E-state index in [1.54, 1.807) is 0 Å². The fourth-order valence-electron chi connectivity index (χ4n) is 2.29. The first kappa shape index (κ1) is 20.9. The monoisotopic (exact) mass is 478 g/mol. The van der Waals surface area contributed by atoms with E-state index in [0.29, 0.717) is 10.7 Å². The summed E-state index contributed by atoms with van der Waals surface area (Å²) in [6.45, 7) is 1.53. The zero-order valence-corrected chi connectivity index (χ0v) is 17.8. The van der Waals surface area contributed by atoms with E-state index in [1.807, 2.05) is 4.72 Å². The van der Waals surface area contributed by atoms with Crippen LogP contribution in [0.2, 0.25) is 20.1 Å². The van der Waals surface area contributed by atoms with E-state index in [2.05, 4.69) is 10.3 Å². The fraction of sp³-hybridized carbons (Fsp3) is 0.0625. The Labute approximate surface area is 180 Å². The van der Waals surface area contributed by atoms with Gasteiger partial charge in [-0.05, 0) is 43.3 Å². The highest BCUT2D eigenvalue weighted by atomic mass is 35.5. The SMILES string of the molecule is Cc1c(C(=O)NS(=O)(=O)c2ccc(Cl)cc2)nnn1-c1cc(Cl)c(Cl)cc1Cl. The normalized spacial score (nSPS) is 11.5. The van der Waals surface area contributed by atoms with E-state index in [1.165, 1.54) is 48.0 Å². The minimum absolute atomic E-state index is 0.122. The Balaban J connectivity index is 1.92. The molecule has 0 radical (unpaired) electrons. The maximum atomic E-state index is 12.5. The number of nitrogens with one attached hydrogen (secondary N) is 1. The van der Waals surface area contributed by atoms with Gasteiger partial charge in [-0.3, -0.25) is 4.79 Å². The smallest absolute Gasteiger partial charge is 0.266 e. The van der Waals surface area contributed by atoms with Crippen molar-refractivity contribution in [3.8, 4) is 5.69 Å². The largest absolute Gasteiger partial charge is 0.287 e. The molecule has 3 aromatic rings. The lowest BCUT2D eigenvalue weighted by molar-refractivity contribution is 0.0976. The van der Waals surface area contributed by atoms with Gasteiger partial charge in [0.2, 0.25) is 0 Å². The van der Waals surface area contributed by atoms with Crippen molar-refractivity contribution in [3.63, 3.8) is 0 Å². The quantitative estimate of drug-likeness (QED) is 0.562. The van der Waals surface area contributed by atoms with Gasteiger partial charge in [-0.15, -0.1) is 5.10 Å². The number of sulfonamides is 1. The molecule has 0 aliphatic rings. The van der Waals surface area contributed by atoms with Crippen LogP contribution in [0.4, 0.5) is 0 Å². The van der Waals surface area contributed by atoms with Crippen LogP contribution in [0.25, 0.3) is 5.69 Å². The first-order valence-corrected chi connectivity index (χ1v) is 10.5. The van der Waals surface area contributed by atoms with Crippen molar-refractivity contribution in [2.75, 3.05) is 0 Å². The first-order valence-electron chi connectivity index (χ1n) is 7.50. The highest BCUT2D eigenvalue weighted by molar-refractivity contribution is 7.90. The summed E-state index contributed by atoms with van der Waals surface area (Å²) in [5.41, 5.74) is 0.393. The number of nitrogens with zero attached hydrogens (tertiary/aromatic N) is 3. The molecule has 0 spiro atoms. The average molecular weight is 480 g/mol. The van der Waals surface area contributed by atoms with Crippen molar-refractivity contribution in [3.05, 3.63) is 67.9 Å². The van der Waals surface area contributed by atoms with Gasteiger partial charge in [-0.1, -0.05) is 51.6 Å². The number of rotatable bonds is 4. The second kappa shape index (κ2) is 7.88. The van der Waals surface area contributed by atoms with Crippen LogP contribution in [-0.4, -0.2) is 29.3 Å². The van der Waals surface area contributed by atoms with Crippen molar-refractivity contribution in [2.24, 2.45) is 0 Å². The molecule has 2 aromatic carbocycles. The van der Waals surface area contributed by atoms with Gasteiger partial charge in [-0.25, -0.2) is 17.8 Å². The first-order chi connectivity index (χ1) is 13.1. The van der Waals surface area contributed by atoms with Crippen molar-refractivity contribution >= 4 is 62.3 Å². The lowest BCUT2D eigenvalue weighted by atomic mass is 10.3. The third-order valence-electron chi connectivity index (χ3n) is 3.68. The van der Waals surface area contributed by atoms with E-state index in [9.17, 15) is 13.2 Å². The van der Waals surface area contributed by atoms with Crippen LogP contribution in [0.3, 0.4) is 0 Å². The molecule has 0 atom stereocenters. The Morgan fingerprint density at radius 1 is 1.00 bits per heavy atom. The molecular weight excluding hydrogens is 470 g/mol. The molecular formula is C16H10Cl4N4O3S. The van der Waals surface area contributed by atoms with Gasteiger partial charge in [-0.2, -0.15) is 0 Å². The molecule has 0 unspecified atom stereocenters. The number of amides is 1. The second-order valence-corrected chi connectivity index (χ2v) is 8.88. The van der Waals surface area contributed by atoms with Crippen molar-refractivity contribution in [2.45, 2.75) is 11.8 Å². The standard InChI is InChI=1S/C16H10Cl4N4O3S/c1-8-15(16(25)22-28(26,27)10-4-2-9(17)3-5-10)21-23-24(8)14-7-12(19)11(18)6-13(14)20/h2-7H,1H3,(H,22,25). The molecule has 1 heterocycles. The van der Waals surface area contributed by atoms with Crippen LogP contribution >= 0.6 is 46.4 Å². The Hall–Kier alpha value is -1.84. The van der Waals surface area contributed by atoms with Gasteiger partial charge in [0, 0.05) is 5.02 Å². The summed E-state index contributed by atoms with van der Waals surface area (Å²) in [5, 5.41) is 8.69. The molecule has 0 saturated carbocycles. The molecule has 28 heavy (non-hydrogen) atoms. The molecule has 1 aromatic heterocycles. The maximum absolute atomic E-state index is 12.5. The van der Waals surface area contributed by atoms with Crippen LogP contribution in [0.15, 0.2) is 41.3 Å². The predicted molar refractivity (Wildman–Crippen MR) is 107 cm³/mol. The molecule has 0 bridgehead atoms. The maximum Gasteiger partial charge on any atom is 0.287 e. The van der Waals surface area contributed by atoms with Crippen LogP contribution in [0.1, 0.15) is 16.2 Å². The number of halogens is 4. The third kappa shape index (κ3) is 4.11. The molecule has 0 aliphatic heterocycles. The van der Waals surface area contributed by atoms with E-state index in [-0.39, 0.29) is 31.4 Å². The van der Waals surface area contributed by atoms with Gasteiger partial charge in [0.05, 0.1) is 31.3 Å². The van der Waals surface area contributed by atoms with Gasteiger partial charge in [0.1, 0.15) is 0 Å². The molecule has 1 amide bonds. The topological polar surface area (TPSA) is 93.9 Å². The van der Waals surface area contributed by atoms with Gasteiger partial charge < -0.3 is 0 Å². The molecule has 0 aliphatic carbocycles. The van der Waals surface area contributed by atoms with Crippen molar-refractivity contribution in [1.29, 1.82) is 0 Å². The van der Waals surface area contributed by atoms with E-state index in [0.717, 1.165) is 0 Å². The Morgan fingerprint density at radius 2 is 1.61 bits per heavy atom. The van der Waals surface area contributed by atoms with Crippen LogP contribution in [-0.2, 0) is 10.0 Å². The summed E-state index contributed by atoms with van der Waals surface area (Å²) in [6, 6.07) is 8.23. The summed E-state index contributed by atoms with van der Waals surface area (Å²) in [7, 11) is -4.12. The zero-order valence-electron chi connectivity index (χ0n) is 14.0. The predicted octanol–water partition coefficient (Wildman–Crippen LogP) is 4.31. The van der Waals surface area contributed by atoms with Crippen LogP contribution in [0.5, 0.6) is 0 Å². The van der Waals surface area contributed by atoms with Crippen LogP contribution < -0.4 is 4.72 Å². The fourth-order valence-corrected chi connectivity index (χ4v) is 3.99. The number of carbonyl (C=O) groups excluding carboxylic acids is 1. The molecule has 3 rings (SSSR count). The number of benzene rings is 2. The van der Waals surface area contributed by atoms with Crippen molar-refractivity contribution < 1.29 is 13.2 Å². The average Bonchev–Trinajstić information content (AvgIpc) is 2.99. The Bertz CT molecular complexity index is 1180. The summed E-state index contributed by atoms with van der Waals surface area (Å²) in [4.78, 5) is 12.3. The van der Waals surface area contributed by atoms with E-state index in [4.69, 9.17) is 46.4 Å². The van der Waals surface area contributed by atoms with E-state index >= 15 is 0 Å². The minimum Gasteiger partial charge on any atom is -0.266 e. The number of aromatic nitrogens is 3. The summed E-state index contributed by atoms with van der Waals surface area (Å²) < 4.78 is 27.9. The molecule has 0 saturated heterocycles. The number of hydrogen-bond donors (Lipinski definition) is 1. The van der Waals surface area contributed by atoms with Gasteiger partial charge in [0.15, 0.2) is 5.69 Å². The van der Waals surface area contributed by atoms with Gasteiger partial charge in [0.25, 0.3) is 15.9 Å². The molecule has 146 valence electrons. The number of carbonyl (C=O) groups is 1. The van der Waals surface area contributed by atoms with Crippen LogP contribution in [0, 0.1) is 6.92 Å². The summed E-state index contributed by atoms with van der Waals surface area (Å²) in [5.74, 6) is -0.949. The summed E-state index contributed by atoms with van der Waals surface area (Å²) in [6.07, 6.45) is 0. The molecule has 1 N–H and O–H groups in total. The third-order valence-corrected chi connectivity index (χ3v) is 6.30. The zero-order chi connectivity index (χ0) is 20.6. The van der Waals surface area contributed by atoms with E-state index < -0.39 is 15.9 Å². The second-order valence-electron chi connectivity index (χ2n) is 5.54. The molecule has 12 heteroatoms. The number of hydrogen-bond acceptors (Lipinski definition) is 5. The lowest BCUT2D eigenvalue weighted by Gasteiger charge is -2.08. The highest BCUT2D eigenvalue weighted by Gasteiger charge is 2.24.